The van der Waals surface area contributed by atoms with Gasteiger partial charge in [0.1, 0.15) is 0 Å². The number of aliphatic hydroxyl groups is 2. The van der Waals surface area contributed by atoms with Gasteiger partial charge >= 0.3 is 17.9 Å². The van der Waals surface area contributed by atoms with Crippen molar-refractivity contribution in [2.24, 2.45) is 0 Å². The van der Waals surface area contributed by atoms with E-state index in [9.17, 15) is 14.4 Å². The fourth-order valence-corrected chi connectivity index (χ4v) is 2.62. The number of carboxylic acids is 3. The second-order valence-electron chi connectivity index (χ2n) is 7.29. The van der Waals surface area contributed by atoms with E-state index in [0.717, 1.165) is 12.8 Å². The van der Waals surface area contributed by atoms with Crippen molar-refractivity contribution in [1.82, 2.24) is 0 Å². The maximum absolute atomic E-state index is 10.3. The molecule has 176 valence electrons. The molecule has 0 radical (unpaired) electrons. The van der Waals surface area contributed by atoms with Gasteiger partial charge in [-0.15, -0.1) is 0 Å². The van der Waals surface area contributed by atoms with Crippen molar-refractivity contribution in [3.63, 3.8) is 0 Å². The first kappa shape index (κ1) is 30.3. The van der Waals surface area contributed by atoms with Crippen molar-refractivity contribution < 1.29 is 39.9 Å². The summed E-state index contributed by atoms with van der Waals surface area (Å²) in [6.07, 6.45) is 16.7. The topological polar surface area (TPSA) is 152 Å². The minimum absolute atomic E-state index is 0.332. The molecule has 0 aromatic rings. The van der Waals surface area contributed by atoms with E-state index in [1.165, 1.54) is 70.6 Å². The van der Waals surface area contributed by atoms with Gasteiger partial charge in [-0.25, -0.2) is 9.59 Å². The van der Waals surface area contributed by atoms with E-state index in [4.69, 9.17) is 25.5 Å². The molecule has 0 spiro atoms. The summed E-state index contributed by atoms with van der Waals surface area (Å²) in [4.78, 5) is 29.9. The van der Waals surface area contributed by atoms with Gasteiger partial charge in [0.15, 0.2) is 12.2 Å². The molecule has 0 aliphatic rings. The van der Waals surface area contributed by atoms with Crippen LogP contribution in [-0.4, -0.2) is 55.6 Å². The molecule has 0 bridgehead atoms. The van der Waals surface area contributed by atoms with Gasteiger partial charge in [0, 0.05) is 6.42 Å². The van der Waals surface area contributed by atoms with Gasteiger partial charge in [0.2, 0.25) is 0 Å². The van der Waals surface area contributed by atoms with Crippen molar-refractivity contribution in [2.45, 2.75) is 109 Å². The zero-order valence-electron chi connectivity index (χ0n) is 18.2. The number of hydrogen-bond acceptors (Lipinski definition) is 5. The molecule has 0 aromatic heterocycles. The maximum atomic E-state index is 10.3. The Morgan fingerprint density at radius 3 is 1.37 bits per heavy atom. The van der Waals surface area contributed by atoms with Crippen LogP contribution in [0, 0.1) is 0 Å². The van der Waals surface area contributed by atoms with Crippen LogP contribution < -0.4 is 0 Å². The Bertz CT molecular complexity index is 458. The predicted octanol–water partition coefficient (Wildman–Crippen LogP) is 3.99. The minimum Gasteiger partial charge on any atom is -0.481 e. The Balaban J connectivity index is 0. The van der Waals surface area contributed by atoms with Crippen LogP contribution in [0.25, 0.3) is 0 Å². The average Bonchev–Trinajstić information content (AvgIpc) is 2.69. The monoisotopic (exact) mass is 432 g/mol. The van der Waals surface area contributed by atoms with Gasteiger partial charge in [0.05, 0.1) is 0 Å². The summed E-state index contributed by atoms with van der Waals surface area (Å²) in [5.41, 5.74) is 0. The number of hydrogen-bond donors (Lipinski definition) is 5. The van der Waals surface area contributed by atoms with Crippen LogP contribution in [0.5, 0.6) is 0 Å². The maximum Gasteiger partial charge on any atom is 0.335 e. The van der Waals surface area contributed by atoms with Gasteiger partial charge in [-0.2, -0.15) is 0 Å². The van der Waals surface area contributed by atoms with E-state index in [2.05, 4.69) is 19.1 Å². The van der Waals surface area contributed by atoms with Gasteiger partial charge in [-0.3, -0.25) is 4.79 Å². The highest BCUT2D eigenvalue weighted by Gasteiger charge is 2.29. The van der Waals surface area contributed by atoms with E-state index in [0.29, 0.717) is 6.42 Å². The van der Waals surface area contributed by atoms with E-state index in [-0.39, 0.29) is 0 Å². The summed E-state index contributed by atoms with van der Waals surface area (Å²) in [5, 5.41) is 41.0. The molecular formula is C22H40O8. The molecule has 8 nitrogen and oxygen atoms in total. The molecule has 0 amide bonds. The third-order valence-electron chi connectivity index (χ3n) is 4.46. The lowest BCUT2D eigenvalue weighted by molar-refractivity contribution is -0.165. The van der Waals surface area contributed by atoms with Gasteiger partial charge < -0.3 is 25.5 Å². The van der Waals surface area contributed by atoms with Crippen LogP contribution >= 0.6 is 0 Å². The standard InChI is InChI=1S/C18H34O2.C4H6O6/c1-2-3-4-5-6-7-8-9-10-11-12-13-14-15-16-17-18(19)20;5-1(3(7)8)2(6)4(9)10/h9-10H,2-8,11-17H2,1H3,(H,19,20);1-2,5-6H,(H,7,8)(H,9,10). The first-order valence-corrected chi connectivity index (χ1v) is 10.9. The molecule has 0 heterocycles. The van der Waals surface area contributed by atoms with Crippen LogP contribution in [-0.2, 0) is 14.4 Å². The largest absolute Gasteiger partial charge is 0.481 e. The van der Waals surface area contributed by atoms with Crippen molar-refractivity contribution in [3.05, 3.63) is 12.2 Å². The first-order valence-electron chi connectivity index (χ1n) is 10.9. The number of unbranched alkanes of at least 4 members (excludes halogenated alkanes) is 11. The summed E-state index contributed by atoms with van der Waals surface area (Å²) < 4.78 is 0. The second-order valence-corrected chi connectivity index (χ2v) is 7.29. The van der Waals surface area contributed by atoms with Gasteiger partial charge in [-0.05, 0) is 32.1 Å². The average molecular weight is 433 g/mol. The van der Waals surface area contributed by atoms with E-state index < -0.39 is 30.1 Å². The number of aliphatic hydroxyl groups excluding tert-OH is 2. The second kappa shape index (κ2) is 21.8. The third kappa shape index (κ3) is 22.4. The van der Waals surface area contributed by atoms with Crippen LogP contribution in [0.2, 0.25) is 0 Å². The van der Waals surface area contributed by atoms with E-state index >= 15 is 0 Å². The number of aliphatic carboxylic acids is 3. The lowest BCUT2D eigenvalue weighted by Gasteiger charge is -2.07. The zero-order chi connectivity index (χ0) is 23.2. The predicted molar refractivity (Wildman–Crippen MR) is 114 cm³/mol. The molecule has 5 N–H and O–H groups in total. The normalized spacial score (nSPS) is 12.8. The van der Waals surface area contributed by atoms with Gasteiger partial charge in [0.25, 0.3) is 0 Å². The van der Waals surface area contributed by atoms with Crippen LogP contribution in [0.15, 0.2) is 12.2 Å². The third-order valence-corrected chi connectivity index (χ3v) is 4.46. The lowest BCUT2D eigenvalue weighted by Crippen LogP contribution is -2.39. The Kier molecular flexibility index (Phi) is 22.0. The molecule has 8 heteroatoms. The van der Waals surface area contributed by atoms with E-state index in [1.807, 2.05) is 0 Å². The quantitative estimate of drug-likeness (QED) is 0.161. The van der Waals surface area contributed by atoms with Crippen molar-refractivity contribution in [1.29, 1.82) is 0 Å². The summed E-state index contributed by atoms with van der Waals surface area (Å²) >= 11 is 0. The summed E-state index contributed by atoms with van der Waals surface area (Å²) in [5.74, 6) is -4.20. The molecule has 0 fully saturated rings. The highest BCUT2D eigenvalue weighted by atomic mass is 16.4. The smallest absolute Gasteiger partial charge is 0.335 e. The SMILES string of the molecule is CCCCCCCCC=CCCCCCCCC(=O)O.O=C(O)C(O)C(O)C(=O)O. The Morgan fingerprint density at radius 2 is 1.00 bits per heavy atom. The molecule has 0 aliphatic heterocycles. The molecular weight excluding hydrogens is 392 g/mol. The summed E-state index contributed by atoms with van der Waals surface area (Å²) in [7, 11) is 0. The van der Waals surface area contributed by atoms with Crippen molar-refractivity contribution >= 4 is 17.9 Å². The highest BCUT2D eigenvalue weighted by Crippen LogP contribution is 2.09. The van der Waals surface area contributed by atoms with Gasteiger partial charge in [-0.1, -0.05) is 70.4 Å². The fraction of sp³-hybridized carbons (Fsp3) is 0.773. The summed E-state index contributed by atoms with van der Waals surface area (Å²) in [6.45, 7) is 2.26. The number of allylic oxidation sites excluding steroid dienone is 2. The lowest BCUT2D eigenvalue weighted by atomic mass is 10.1. The highest BCUT2D eigenvalue weighted by molar-refractivity contribution is 5.83. The molecule has 2 unspecified atom stereocenters. The molecule has 0 aliphatic carbocycles. The number of carboxylic acid groups (broad SMARTS) is 3. The Hall–Kier alpha value is -1.93. The Labute approximate surface area is 179 Å². The van der Waals surface area contributed by atoms with Crippen LogP contribution in [0.4, 0.5) is 0 Å². The van der Waals surface area contributed by atoms with Crippen LogP contribution in [0.3, 0.4) is 0 Å². The van der Waals surface area contributed by atoms with Crippen molar-refractivity contribution in [3.8, 4) is 0 Å². The van der Waals surface area contributed by atoms with Crippen molar-refractivity contribution in [2.75, 3.05) is 0 Å². The molecule has 0 saturated carbocycles. The number of rotatable bonds is 18. The fourth-order valence-electron chi connectivity index (χ4n) is 2.62. The molecule has 0 saturated heterocycles. The molecule has 0 rings (SSSR count). The zero-order valence-corrected chi connectivity index (χ0v) is 18.2. The van der Waals surface area contributed by atoms with Crippen LogP contribution in [0.1, 0.15) is 96.8 Å². The van der Waals surface area contributed by atoms with E-state index in [1.54, 1.807) is 0 Å². The minimum atomic E-state index is -2.27. The first-order chi connectivity index (χ1) is 14.2. The molecule has 30 heavy (non-hydrogen) atoms. The summed E-state index contributed by atoms with van der Waals surface area (Å²) in [6, 6.07) is 0. The Morgan fingerprint density at radius 1 is 0.633 bits per heavy atom. The molecule has 2 atom stereocenters. The number of carbonyl (C=O) groups is 3. The molecule has 0 aromatic carbocycles.